The predicted molar refractivity (Wildman–Crippen MR) is 61.9 cm³/mol. The van der Waals surface area contributed by atoms with E-state index in [2.05, 4.69) is 30.4 Å². The number of allylic oxidation sites excluding steroid dienone is 1. The van der Waals surface area contributed by atoms with Crippen LogP contribution in [0, 0.1) is 5.92 Å². The molecular formula is C12H16N2. The first-order valence-corrected chi connectivity index (χ1v) is 4.79. The molecule has 0 N–H and O–H groups in total. The smallest absolute Gasteiger partial charge is 0.159 e. The Morgan fingerprint density at radius 2 is 2.29 bits per heavy atom. The van der Waals surface area contributed by atoms with Gasteiger partial charge in [-0.25, -0.2) is 9.98 Å². The van der Waals surface area contributed by atoms with Gasteiger partial charge in [0.05, 0.1) is 0 Å². The molecule has 1 heterocycles. The van der Waals surface area contributed by atoms with Gasteiger partial charge in [-0.2, -0.15) is 0 Å². The van der Waals surface area contributed by atoms with Gasteiger partial charge in [0, 0.05) is 18.0 Å². The number of hydrogen-bond acceptors (Lipinski definition) is 2. The maximum absolute atomic E-state index is 4.21. The summed E-state index contributed by atoms with van der Waals surface area (Å²) in [4.78, 5) is 8.43. The summed E-state index contributed by atoms with van der Waals surface area (Å²) in [6.07, 6.45) is 3.50. The fourth-order valence-electron chi connectivity index (χ4n) is 1.18. The van der Waals surface area contributed by atoms with Crippen LogP contribution < -0.4 is 0 Å². The Balaban J connectivity index is 3.13. The topological polar surface area (TPSA) is 25.2 Å². The van der Waals surface area contributed by atoms with Crippen molar-refractivity contribution in [1.29, 1.82) is 0 Å². The summed E-state index contributed by atoms with van der Waals surface area (Å²) in [7, 11) is 0. The van der Waals surface area contributed by atoms with Crippen molar-refractivity contribution >= 4 is 17.6 Å². The van der Waals surface area contributed by atoms with Crippen LogP contribution in [-0.4, -0.2) is 11.2 Å². The van der Waals surface area contributed by atoms with E-state index in [1.54, 1.807) is 12.4 Å². The summed E-state index contributed by atoms with van der Waals surface area (Å²) in [6.45, 7) is 10.2. The number of pyridine rings is 1. The van der Waals surface area contributed by atoms with Crippen LogP contribution in [0.25, 0.3) is 5.57 Å². The number of hydrogen-bond donors (Lipinski definition) is 0. The second-order valence-electron chi connectivity index (χ2n) is 3.44. The molecule has 0 radical (unpaired) electrons. The van der Waals surface area contributed by atoms with E-state index in [0.717, 1.165) is 17.0 Å². The van der Waals surface area contributed by atoms with E-state index in [9.17, 15) is 0 Å². The van der Waals surface area contributed by atoms with E-state index in [1.165, 1.54) is 0 Å². The maximum Gasteiger partial charge on any atom is 0.159 e. The van der Waals surface area contributed by atoms with Crippen LogP contribution in [0.4, 0.5) is 5.82 Å². The van der Waals surface area contributed by atoms with Gasteiger partial charge in [0.25, 0.3) is 0 Å². The van der Waals surface area contributed by atoms with Crippen LogP contribution in [0.3, 0.4) is 0 Å². The molecule has 1 aromatic rings. The third kappa shape index (κ3) is 2.28. The SMILES string of the molecule is C=C(c1cccnc1/N=C\C)C(C)C. The first-order valence-electron chi connectivity index (χ1n) is 4.79. The average molecular weight is 188 g/mol. The van der Waals surface area contributed by atoms with E-state index < -0.39 is 0 Å². The molecule has 0 fully saturated rings. The van der Waals surface area contributed by atoms with Crippen LogP contribution in [0.1, 0.15) is 26.3 Å². The van der Waals surface area contributed by atoms with Crippen molar-refractivity contribution in [3.63, 3.8) is 0 Å². The molecule has 0 bridgehead atoms. The molecule has 0 aliphatic heterocycles. The fourth-order valence-corrected chi connectivity index (χ4v) is 1.18. The highest BCUT2D eigenvalue weighted by atomic mass is 14.9. The van der Waals surface area contributed by atoms with Crippen LogP contribution in [0.2, 0.25) is 0 Å². The van der Waals surface area contributed by atoms with E-state index in [0.29, 0.717) is 5.92 Å². The minimum atomic E-state index is 0.421. The molecule has 14 heavy (non-hydrogen) atoms. The average Bonchev–Trinajstić information content (AvgIpc) is 2.18. The number of nitrogens with zero attached hydrogens (tertiary/aromatic N) is 2. The summed E-state index contributed by atoms with van der Waals surface area (Å²) in [5, 5.41) is 0. The van der Waals surface area contributed by atoms with Crippen LogP contribution in [0.15, 0.2) is 29.9 Å². The summed E-state index contributed by atoms with van der Waals surface area (Å²) in [5.74, 6) is 1.18. The lowest BCUT2D eigenvalue weighted by atomic mass is 9.98. The lowest BCUT2D eigenvalue weighted by Gasteiger charge is -2.10. The Morgan fingerprint density at radius 3 is 2.86 bits per heavy atom. The molecule has 0 atom stereocenters. The highest BCUT2D eigenvalue weighted by molar-refractivity contribution is 5.74. The molecule has 2 heteroatoms. The summed E-state index contributed by atoms with van der Waals surface area (Å²) >= 11 is 0. The molecule has 0 amide bonds. The van der Waals surface area contributed by atoms with E-state index in [1.807, 2.05) is 19.1 Å². The predicted octanol–water partition coefficient (Wildman–Crippen LogP) is 3.47. The van der Waals surface area contributed by atoms with Crippen LogP contribution >= 0.6 is 0 Å². The highest BCUT2D eigenvalue weighted by Gasteiger charge is 2.08. The molecule has 74 valence electrons. The number of rotatable bonds is 3. The fraction of sp³-hybridized carbons (Fsp3) is 0.333. The Morgan fingerprint density at radius 1 is 1.57 bits per heavy atom. The zero-order chi connectivity index (χ0) is 10.6. The van der Waals surface area contributed by atoms with Crippen molar-refractivity contribution in [2.24, 2.45) is 10.9 Å². The highest BCUT2D eigenvalue weighted by Crippen LogP contribution is 2.27. The van der Waals surface area contributed by atoms with Gasteiger partial charge in [-0.15, -0.1) is 0 Å². The largest absolute Gasteiger partial charge is 0.241 e. The molecule has 1 aromatic heterocycles. The van der Waals surface area contributed by atoms with Gasteiger partial charge in [0.1, 0.15) is 0 Å². The van der Waals surface area contributed by atoms with Crippen LogP contribution in [-0.2, 0) is 0 Å². The Labute approximate surface area is 85.4 Å². The molecule has 1 rings (SSSR count). The molecule has 0 unspecified atom stereocenters. The Bertz CT molecular complexity index is 351. The molecule has 2 nitrogen and oxygen atoms in total. The minimum Gasteiger partial charge on any atom is -0.241 e. The van der Waals surface area contributed by atoms with E-state index in [4.69, 9.17) is 0 Å². The standard InChI is InChI=1S/C12H16N2/c1-5-13-12-11(7-6-8-14-12)10(4)9(2)3/h5-9H,4H2,1-3H3/b13-5-. The van der Waals surface area contributed by atoms with Crippen molar-refractivity contribution in [2.75, 3.05) is 0 Å². The van der Waals surface area contributed by atoms with Crippen molar-refractivity contribution in [1.82, 2.24) is 4.98 Å². The number of aliphatic imine (C=N–C) groups is 1. The van der Waals surface area contributed by atoms with Gasteiger partial charge >= 0.3 is 0 Å². The van der Waals surface area contributed by atoms with Gasteiger partial charge in [-0.1, -0.05) is 20.4 Å². The molecule has 0 aliphatic rings. The molecular weight excluding hydrogens is 172 g/mol. The van der Waals surface area contributed by atoms with Gasteiger partial charge in [0.2, 0.25) is 0 Å². The molecule has 0 aromatic carbocycles. The van der Waals surface area contributed by atoms with Crippen molar-refractivity contribution in [3.8, 4) is 0 Å². The third-order valence-electron chi connectivity index (χ3n) is 2.08. The summed E-state index contributed by atoms with van der Waals surface area (Å²) < 4.78 is 0. The maximum atomic E-state index is 4.21. The molecule has 0 saturated carbocycles. The first kappa shape index (κ1) is 10.6. The molecule has 0 saturated heterocycles. The second kappa shape index (κ2) is 4.70. The van der Waals surface area contributed by atoms with Crippen LogP contribution in [0.5, 0.6) is 0 Å². The monoisotopic (exact) mass is 188 g/mol. The summed E-state index contributed by atoms with van der Waals surface area (Å²) in [6, 6.07) is 3.93. The second-order valence-corrected chi connectivity index (χ2v) is 3.44. The van der Waals surface area contributed by atoms with Gasteiger partial charge in [-0.05, 0) is 30.5 Å². The van der Waals surface area contributed by atoms with Crippen molar-refractivity contribution < 1.29 is 0 Å². The van der Waals surface area contributed by atoms with Crippen molar-refractivity contribution in [2.45, 2.75) is 20.8 Å². The Kier molecular flexibility index (Phi) is 3.57. The van der Waals surface area contributed by atoms with E-state index in [-0.39, 0.29) is 0 Å². The first-order chi connectivity index (χ1) is 6.66. The molecule has 0 spiro atoms. The normalized spacial score (nSPS) is 11.1. The lowest BCUT2D eigenvalue weighted by Crippen LogP contribution is -1.93. The zero-order valence-electron chi connectivity index (χ0n) is 8.99. The van der Waals surface area contributed by atoms with Gasteiger partial charge in [-0.3, -0.25) is 0 Å². The van der Waals surface area contributed by atoms with Crippen molar-refractivity contribution in [3.05, 3.63) is 30.5 Å². The Hall–Kier alpha value is -1.44. The van der Waals surface area contributed by atoms with Gasteiger partial charge < -0.3 is 0 Å². The lowest BCUT2D eigenvalue weighted by molar-refractivity contribution is 0.856. The van der Waals surface area contributed by atoms with Gasteiger partial charge in [0.15, 0.2) is 5.82 Å². The number of aromatic nitrogens is 1. The molecule has 0 aliphatic carbocycles. The summed E-state index contributed by atoms with van der Waals surface area (Å²) in [5.41, 5.74) is 2.12. The van der Waals surface area contributed by atoms with E-state index >= 15 is 0 Å². The third-order valence-corrected chi connectivity index (χ3v) is 2.08. The minimum absolute atomic E-state index is 0.421. The zero-order valence-corrected chi connectivity index (χ0v) is 8.99. The quantitative estimate of drug-likeness (QED) is 0.667.